The van der Waals surface area contributed by atoms with Crippen LogP contribution in [0.15, 0.2) is 24.8 Å². The van der Waals surface area contributed by atoms with Gasteiger partial charge in [0.05, 0.1) is 24.0 Å². The minimum Gasteiger partial charge on any atom is -0.378 e. The fraction of sp³-hybridized carbons (Fsp3) is 0.571. The van der Waals surface area contributed by atoms with Crippen LogP contribution in [-0.2, 0) is 4.74 Å². The van der Waals surface area contributed by atoms with Crippen molar-refractivity contribution in [1.82, 2.24) is 19.9 Å². The van der Waals surface area contributed by atoms with Gasteiger partial charge < -0.3 is 10.1 Å². The number of nitrogens with one attached hydrogen (secondary N) is 1. The molecule has 102 valence electrons. The molecule has 1 saturated heterocycles. The third kappa shape index (κ3) is 2.62. The van der Waals surface area contributed by atoms with Gasteiger partial charge >= 0.3 is 0 Å². The van der Waals surface area contributed by atoms with E-state index in [2.05, 4.69) is 15.4 Å². The van der Waals surface area contributed by atoms with E-state index < -0.39 is 0 Å². The molecular formula is C14H20N4O. The van der Waals surface area contributed by atoms with Crippen LogP contribution in [-0.4, -0.2) is 34.4 Å². The van der Waals surface area contributed by atoms with Gasteiger partial charge in [-0.3, -0.25) is 4.98 Å². The first-order chi connectivity index (χ1) is 9.38. The van der Waals surface area contributed by atoms with Crippen molar-refractivity contribution < 1.29 is 4.74 Å². The molecular weight excluding hydrogens is 240 g/mol. The van der Waals surface area contributed by atoms with Gasteiger partial charge in [0.25, 0.3) is 0 Å². The molecule has 2 aromatic rings. The third-order valence-electron chi connectivity index (χ3n) is 3.88. The maximum Gasteiger partial charge on any atom is 0.0892 e. The second kappa shape index (κ2) is 5.67. The van der Waals surface area contributed by atoms with Gasteiger partial charge in [-0.2, -0.15) is 5.10 Å². The topological polar surface area (TPSA) is 51.5 Å². The van der Waals surface area contributed by atoms with Crippen LogP contribution in [0.25, 0.3) is 5.52 Å². The molecule has 19 heavy (non-hydrogen) atoms. The van der Waals surface area contributed by atoms with E-state index in [0.29, 0.717) is 12.1 Å². The van der Waals surface area contributed by atoms with Crippen LogP contribution in [0, 0.1) is 0 Å². The molecule has 3 rings (SSSR count). The van der Waals surface area contributed by atoms with E-state index in [-0.39, 0.29) is 0 Å². The number of hydrogen-bond donors (Lipinski definition) is 1. The number of rotatable bonds is 5. The van der Waals surface area contributed by atoms with Gasteiger partial charge in [-0.25, -0.2) is 4.52 Å². The first kappa shape index (κ1) is 12.6. The number of nitrogens with zero attached hydrogens (tertiary/aromatic N) is 3. The van der Waals surface area contributed by atoms with Crippen LogP contribution < -0.4 is 5.32 Å². The summed E-state index contributed by atoms with van der Waals surface area (Å²) in [5, 5.41) is 7.76. The summed E-state index contributed by atoms with van der Waals surface area (Å²) in [6.07, 6.45) is 12.5. The minimum absolute atomic E-state index is 0.311. The zero-order chi connectivity index (χ0) is 13.1. The molecule has 5 heteroatoms. The zero-order valence-electron chi connectivity index (χ0n) is 11.2. The van der Waals surface area contributed by atoms with E-state index in [1.165, 1.54) is 18.4 Å². The highest BCUT2D eigenvalue weighted by Crippen LogP contribution is 2.26. The van der Waals surface area contributed by atoms with Crippen LogP contribution in [0.4, 0.5) is 0 Å². The molecule has 0 amide bonds. The average Bonchev–Trinajstić information content (AvgIpc) is 3.09. The molecule has 1 aliphatic rings. The molecule has 2 unspecified atom stereocenters. The van der Waals surface area contributed by atoms with E-state index in [0.717, 1.165) is 25.0 Å². The normalized spacial score (nSPS) is 21.0. The van der Waals surface area contributed by atoms with Gasteiger partial charge in [0, 0.05) is 30.6 Å². The highest BCUT2D eigenvalue weighted by Gasteiger charge is 2.20. The maximum atomic E-state index is 5.69. The Morgan fingerprint density at radius 2 is 2.47 bits per heavy atom. The van der Waals surface area contributed by atoms with Crippen LogP contribution >= 0.6 is 0 Å². The summed E-state index contributed by atoms with van der Waals surface area (Å²) in [5.41, 5.74) is 2.29. The SMILES string of the molecule is CNC(CCC1CCCO1)c1cnn2ccncc12. The van der Waals surface area contributed by atoms with Gasteiger partial charge in [-0.05, 0) is 32.7 Å². The van der Waals surface area contributed by atoms with Crippen molar-refractivity contribution in [3.8, 4) is 0 Å². The van der Waals surface area contributed by atoms with Crippen molar-refractivity contribution in [3.05, 3.63) is 30.4 Å². The van der Waals surface area contributed by atoms with Crippen molar-refractivity contribution in [3.63, 3.8) is 0 Å². The molecule has 0 spiro atoms. The fourth-order valence-corrected chi connectivity index (χ4v) is 2.80. The monoisotopic (exact) mass is 260 g/mol. The molecule has 0 radical (unpaired) electrons. The molecule has 3 heterocycles. The lowest BCUT2D eigenvalue weighted by molar-refractivity contribution is 0.0999. The van der Waals surface area contributed by atoms with E-state index >= 15 is 0 Å². The molecule has 5 nitrogen and oxygen atoms in total. The molecule has 2 atom stereocenters. The summed E-state index contributed by atoms with van der Waals surface area (Å²) in [6, 6.07) is 0.311. The van der Waals surface area contributed by atoms with Crippen molar-refractivity contribution in [1.29, 1.82) is 0 Å². The lowest BCUT2D eigenvalue weighted by Crippen LogP contribution is -2.18. The lowest BCUT2D eigenvalue weighted by atomic mass is 10.0. The maximum absolute atomic E-state index is 5.69. The smallest absolute Gasteiger partial charge is 0.0892 e. The molecule has 0 bridgehead atoms. The second-order valence-corrected chi connectivity index (χ2v) is 5.06. The van der Waals surface area contributed by atoms with Crippen LogP contribution in [0.3, 0.4) is 0 Å². The molecule has 1 fully saturated rings. The molecule has 0 aromatic carbocycles. The highest BCUT2D eigenvalue weighted by molar-refractivity contribution is 5.53. The number of ether oxygens (including phenoxy) is 1. The van der Waals surface area contributed by atoms with Gasteiger partial charge in [-0.1, -0.05) is 0 Å². The lowest BCUT2D eigenvalue weighted by Gasteiger charge is -2.17. The van der Waals surface area contributed by atoms with Gasteiger partial charge in [0.15, 0.2) is 0 Å². The van der Waals surface area contributed by atoms with Crippen LogP contribution in [0.5, 0.6) is 0 Å². The Bertz CT molecular complexity index is 533. The quantitative estimate of drug-likeness (QED) is 0.892. The van der Waals surface area contributed by atoms with E-state index in [1.807, 2.05) is 30.2 Å². The van der Waals surface area contributed by atoms with Crippen LogP contribution in [0.2, 0.25) is 0 Å². The zero-order valence-corrected chi connectivity index (χ0v) is 11.2. The molecule has 0 saturated carbocycles. The van der Waals surface area contributed by atoms with Gasteiger partial charge in [0.1, 0.15) is 0 Å². The van der Waals surface area contributed by atoms with Gasteiger partial charge in [0.2, 0.25) is 0 Å². The van der Waals surface area contributed by atoms with E-state index in [4.69, 9.17) is 4.74 Å². The largest absolute Gasteiger partial charge is 0.378 e. The standard InChI is InChI=1S/C14H20N4O/c1-15-13(5-4-11-3-2-8-19-11)12-9-17-18-7-6-16-10-14(12)18/h6-7,9-11,13,15H,2-5,8H2,1H3. The molecule has 2 aromatic heterocycles. The highest BCUT2D eigenvalue weighted by atomic mass is 16.5. The fourth-order valence-electron chi connectivity index (χ4n) is 2.80. The Labute approximate surface area is 113 Å². The average molecular weight is 260 g/mol. The summed E-state index contributed by atoms with van der Waals surface area (Å²) in [6.45, 7) is 0.926. The predicted octanol–water partition coefficient (Wildman–Crippen LogP) is 1.95. The Balaban J connectivity index is 1.73. The Morgan fingerprint density at radius 3 is 3.26 bits per heavy atom. The molecule has 1 aliphatic heterocycles. The first-order valence-electron chi connectivity index (χ1n) is 6.94. The molecule has 0 aliphatic carbocycles. The van der Waals surface area contributed by atoms with E-state index in [1.54, 1.807) is 6.20 Å². The number of hydrogen-bond acceptors (Lipinski definition) is 4. The summed E-state index contributed by atoms with van der Waals surface area (Å²) in [7, 11) is 2.00. The summed E-state index contributed by atoms with van der Waals surface area (Å²) in [4.78, 5) is 4.19. The predicted molar refractivity (Wildman–Crippen MR) is 73.0 cm³/mol. The summed E-state index contributed by atoms with van der Waals surface area (Å²) < 4.78 is 7.57. The van der Waals surface area contributed by atoms with E-state index in [9.17, 15) is 0 Å². The van der Waals surface area contributed by atoms with Crippen molar-refractivity contribution in [2.75, 3.05) is 13.7 Å². The Hall–Kier alpha value is -1.46. The number of aromatic nitrogens is 3. The third-order valence-corrected chi connectivity index (χ3v) is 3.88. The van der Waals surface area contributed by atoms with Crippen molar-refractivity contribution in [2.24, 2.45) is 0 Å². The first-order valence-corrected chi connectivity index (χ1v) is 6.94. The summed E-state index contributed by atoms with van der Waals surface area (Å²) in [5.74, 6) is 0. The van der Waals surface area contributed by atoms with Crippen LogP contribution in [0.1, 0.15) is 37.3 Å². The second-order valence-electron chi connectivity index (χ2n) is 5.06. The Kier molecular flexibility index (Phi) is 3.75. The van der Waals surface area contributed by atoms with Crippen molar-refractivity contribution >= 4 is 5.52 Å². The van der Waals surface area contributed by atoms with Crippen molar-refractivity contribution in [2.45, 2.75) is 37.8 Å². The summed E-state index contributed by atoms with van der Waals surface area (Å²) >= 11 is 0. The molecule has 1 N–H and O–H groups in total. The number of fused-ring (bicyclic) bond motifs is 1. The minimum atomic E-state index is 0.311. The van der Waals surface area contributed by atoms with Gasteiger partial charge in [-0.15, -0.1) is 0 Å². The Morgan fingerprint density at radius 1 is 1.53 bits per heavy atom.